The Kier molecular flexibility index (Phi) is 3.89. The van der Waals surface area contributed by atoms with E-state index in [-0.39, 0.29) is 6.04 Å². The third-order valence-electron chi connectivity index (χ3n) is 3.78. The molecule has 0 spiro atoms. The highest BCUT2D eigenvalue weighted by Gasteiger charge is 2.42. The smallest absolute Gasteiger partial charge is 0.161 e. The Morgan fingerprint density at radius 1 is 1.44 bits per heavy atom. The Balaban J connectivity index is 2.33. The van der Waals surface area contributed by atoms with Crippen molar-refractivity contribution in [1.29, 1.82) is 0 Å². The second-order valence-corrected chi connectivity index (χ2v) is 4.58. The molecule has 1 unspecified atom stereocenters. The molecular weight excluding hydrogens is 234 g/mol. The number of nitrogens with two attached hydrogens (primary N) is 1. The zero-order chi connectivity index (χ0) is 13.2. The predicted octanol–water partition coefficient (Wildman–Crippen LogP) is 0.624. The number of hydrogen-bond acceptors (Lipinski definition) is 5. The lowest BCUT2D eigenvalue weighted by atomic mass is 9.84. The number of aromatic nitrogens is 2. The van der Waals surface area contributed by atoms with Crippen LogP contribution in [0.2, 0.25) is 0 Å². The number of ether oxygens (including phenoxy) is 3. The summed E-state index contributed by atoms with van der Waals surface area (Å²) in [4.78, 5) is 0. The van der Waals surface area contributed by atoms with Gasteiger partial charge in [0.25, 0.3) is 0 Å². The summed E-state index contributed by atoms with van der Waals surface area (Å²) >= 11 is 0. The molecule has 0 radical (unpaired) electrons. The summed E-state index contributed by atoms with van der Waals surface area (Å²) < 4.78 is 18.2. The van der Waals surface area contributed by atoms with Crippen molar-refractivity contribution in [2.45, 2.75) is 24.5 Å². The summed E-state index contributed by atoms with van der Waals surface area (Å²) in [5, 5.41) is 4.19. The van der Waals surface area contributed by atoms with Gasteiger partial charge in [0.05, 0.1) is 30.6 Å². The van der Waals surface area contributed by atoms with E-state index in [1.807, 2.05) is 7.05 Å². The molecule has 0 bridgehead atoms. The van der Waals surface area contributed by atoms with Gasteiger partial charge in [0.1, 0.15) is 0 Å². The van der Waals surface area contributed by atoms with E-state index in [4.69, 9.17) is 19.9 Å². The van der Waals surface area contributed by atoms with Gasteiger partial charge in [-0.2, -0.15) is 5.10 Å². The van der Waals surface area contributed by atoms with Gasteiger partial charge >= 0.3 is 0 Å². The van der Waals surface area contributed by atoms with Crippen molar-refractivity contribution in [2.75, 3.05) is 27.4 Å². The second-order valence-electron chi connectivity index (χ2n) is 4.58. The quantitative estimate of drug-likeness (QED) is 0.854. The van der Waals surface area contributed by atoms with E-state index in [0.717, 1.165) is 18.5 Å². The first-order chi connectivity index (χ1) is 8.64. The van der Waals surface area contributed by atoms with Crippen molar-refractivity contribution in [3.63, 3.8) is 0 Å². The Labute approximate surface area is 107 Å². The van der Waals surface area contributed by atoms with Gasteiger partial charge in [0, 0.05) is 40.2 Å². The molecule has 2 heterocycles. The summed E-state index contributed by atoms with van der Waals surface area (Å²) in [6, 6.07) is -0.283. The standard InChI is InChI=1S/C12H21N3O3/c1-15-10(9(16-2)8-14-15)11(13)12(17-3)4-6-18-7-5-12/h8,11H,4-7,13H2,1-3H3. The van der Waals surface area contributed by atoms with Gasteiger partial charge in [-0.1, -0.05) is 0 Å². The fourth-order valence-electron chi connectivity index (χ4n) is 2.55. The zero-order valence-corrected chi connectivity index (χ0v) is 11.2. The lowest BCUT2D eigenvalue weighted by Gasteiger charge is -2.40. The van der Waals surface area contributed by atoms with Crippen molar-refractivity contribution < 1.29 is 14.2 Å². The summed E-state index contributed by atoms with van der Waals surface area (Å²) in [7, 11) is 5.19. The molecular formula is C12H21N3O3. The van der Waals surface area contributed by atoms with Gasteiger partial charge < -0.3 is 19.9 Å². The minimum atomic E-state index is -0.403. The third kappa shape index (κ3) is 2.11. The Hall–Kier alpha value is -1.11. The molecule has 1 aromatic heterocycles. The second kappa shape index (κ2) is 5.26. The predicted molar refractivity (Wildman–Crippen MR) is 66.5 cm³/mol. The first-order valence-corrected chi connectivity index (χ1v) is 6.09. The van der Waals surface area contributed by atoms with Gasteiger partial charge in [-0.25, -0.2) is 0 Å². The van der Waals surface area contributed by atoms with Crippen LogP contribution in [0.4, 0.5) is 0 Å². The van der Waals surface area contributed by atoms with Gasteiger partial charge in [0.15, 0.2) is 5.75 Å². The van der Waals surface area contributed by atoms with Crippen LogP contribution in [-0.4, -0.2) is 42.8 Å². The van der Waals surface area contributed by atoms with Gasteiger partial charge in [-0.05, 0) is 0 Å². The molecule has 102 valence electrons. The van der Waals surface area contributed by atoms with Crippen LogP contribution in [0.5, 0.6) is 5.75 Å². The molecule has 18 heavy (non-hydrogen) atoms. The average Bonchev–Trinajstić information content (AvgIpc) is 2.79. The molecule has 2 N–H and O–H groups in total. The first kappa shape index (κ1) is 13.3. The fraction of sp³-hybridized carbons (Fsp3) is 0.750. The molecule has 2 rings (SSSR count). The number of hydrogen-bond donors (Lipinski definition) is 1. The van der Waals surface area contributed by atoms with E-state index in [1.54, 1.807) is 25.1 Å². The van der Waals surface area contributed by atoms with E-state index in [2.05, 4.69) is 5.10 Å². The van der Waals surface area contributed by atoms with Crippen LogP contribution in [-0.2, 0) is 16.5 Å². The van der Waals surface area contributed by atoms with E-state index >= 15 is 0 Å². The molecule has 0 aromatic carbocycles. The van der Waals surface area contributed by atoms with Crippen molar-refractivity contribution >= 4 is 0 Å². The van der Waals surface area contributed by atoms with Gasteiger partial charge in [0.2, 0.25) is 0 Å². The average molecular weight is 255 g/mol. The molecule has 1 aromatic rings. The lowest BCUT2D eigenvalue weighted by Crippen LogP contribution is -2.48. The topological polar surface area (TPSA) is 71.5 Å². The molecule has 6 nitrogen and oxygen atoms in total. The summed E-state index contributed by atoms with van der Waals surface area (Å²) in [5.41, 5.74) is 6.87. The molecule has 1 atom stereocenters. The third-order valence-corrected chi connectivity index (χ3v) is 3.78. The van der Waals surface area contributed by atoms with Crippen LogP contribution in [0.25, 0.3) is 0 Å². The Morgan fingerprint density at radius 2 is 2.11 bits per heavy atom. The lowest BCUT2D eigenvalue weighted by molar-refractivity contribution is -0.106. The highest BCUT2D eigenvalue weighted by Crippen LogP contribution is 2.38. The first-order valence-electron chi connectivity index (χ1n) is 6.09. The van der Waals surface area contributed by atoms with Crippen molar-refractivity contribution in [3.05, 3.63) is 11.9 Å². The largest absolute Gasteiger partial charge is 0.493 e. The minimum absolute atomic E-state index is 0.283. The van der Waals surface area contributed by atoms with E-state index < -0.39 is 5.60 Å². The SMILES string of the molecule is COc1cnn(C)c1C(N)C1(OC)CCOCC1. The number of methoxy groups -OCH3 is 2. The number of nitrogens with zero attached hydrogens (tertiary/aromatic N) is 2. The fourth-order valence-corrected chi connectivity index (χ4v) is 2.55. The van der Waals surface area contributed by atoms with E-state index in [9.17, 15) is 0 Å². The molecule has 1 fully saturated rings. The minimum Gasteiger partial charge on any atom is -0.493 e. The summed E-state index contributed by atoms with van der Waals surface area (Å²) in [6.45, 7) is 1.34. The Bertz CT molecular complexity index is 399. The summed E-state index contributed by atoms with van der Waals surface area (Å²) in [6.07, 6.45) is 3.23. The van der Waals surface area contributed by atoms with Gasteiger partial charge in [-0.3, -0.25) is 4.68 Å². The molecule has 6 heteroatoms. The molecule has 0 saturated carbocycles. The molecule has 1 saturated heterocycles. The highest BCUT2D eigenvalue weighted by molar-refractivity contribution is 5.30. The molecule has 0 amide bonds. The van der Waals surface area contributed by atoms with E-state index in [0.29, 0.717) is 19.0 Å². The maximum atomic E-state index is 6.42. The maximum Gasteiger partial charge on any atom is 0.161 e. The van der Waals surface area contributed by atoms with Crippen LogP contribution in [0.3, 0.4) is 0 Å². The maximum absolute atomic E-state index is 6.42. The van der Waals surface area contributed by atoms with Crippen molar-refractivity contribution in [2.24, 2.45) is 12.8 Å². The monoisotopic (exact) mass is 255 g/mol. The van der Waals surface area contributed by atoms with Crippen molar-refractivity contribution in [1.82, 2.24) is 9.78 Å². The van der Waals surface area contributed by atoms with E-state index in [1.165, 1.54) is 0 Å². The molecule has 0 aliphatic carbocycles. The van der Waals surface area contributed by atoms with Crippen LogP contribution in [0.1, 0.15) is 24.6 Å². The normalized spacial score (nSPS) is 20.7. The van der Waals surface area contributed by atoms with Crippen LogP contribution in [0, 0.1) is 0 Å². The van der Waals surface area contributed by atoms with Gasteiger partial charge in [-0.15, -0.1) is 0 Å². The van der Waals surface area contributed by atoms with Crippen molar-refractivity contribution in [3.8, 4) is 5.75 Å². The summed E-state index contributed by atoms with van der Waals surface area (Å²) in [5.74, 6) is 0.702. The Morgan fingerprint density at radius 3 is 2.67 bits per heavy atom. The molecule has 1 aliphatic rings. The van der Waals surface area contributed by atoms with Crippen LogP contribution >= 0.6 is 0 Å². The zero-order valence-electron chi connectivity index (χ0n) is 11.2. The van der Waals surface area contributed by atoms with Crippen LogP contribution in [0.15, 0.2) is 6.20 Å². The molecule has 1 aliphatic heterocycles. The van der Waals surface area contributed by atoms with Crippen LogP contribution < -0.4 is 10.5 Å². The highest BCUT2D eigenvalue weighted by atomic mass is 16.5. The number of rotatable bonds is 4. The number of aryl methyl sites for hydroxylation is 1.